The predicted octanol–water partition coefficient (Wildman–Crippen LogP) is 3.75. The quantitative estimate of drug-likeness (QED) is 0.675. The molecule has 2 aliphatic rings. The van der Waals surface area contributed by atoms with Gasteiger partial charge in [-0.15, -0.1) is 0 Å². The predicted molar refractivity (Wildman–Crippen MR) is 76.8 cm³/mol. The number of ether oxygens (including phenoxy) is 1. The summed E-state index contributed by atoms with van der Waals surface area (Å²) in [5.74, 6) is 0.910. The number of rotatable bonds is 9. The molecule has 1 N–H and O–H groups in total. The third-order valence-corrected chi connectivity index (χ3v) is 4.79. The molecule has 0 spiro atoms. The first-order valence-corrected chi connectivity index (χ1v) is 8.09. The highest BCUT2D eigenvalue weighted by molar-refractivity contribution is 4.91. The molecule has 0 aromatic carbocycles. The van der Waals surface area contributed by atoms with Gasteiger partial charge in [-0.1, -0.05) is 39.5 Å². The van der Waals surface area contributed by atoms with E-state index in [1.165, 1.54) is 57.9 Å². The van der Waals surface area contributed by atoms with Crippen molar-refractivity contribution in [3.8, 4) is 0 Å². The Bertz CT molecular complexity index is 231. The monoisotopic (exact) mass is 253 g/mol. The first kappa shape index (κ1) is 14.3. The van der Waals surface area contributed by atoms with Crippen molar-refractivity contribution in [2.75, 3.05) is 19.8 Å². The first-order valence-electron chi connectivity index (χ1n) is 8.09. The van der Waals surface area contributed by atoms with Gasteiger partial charge in [0.05, 0.1) is 6.61 Å². The van der Waals surface area contributed by atoms with Crippen LogP contribution in [0.2, 0.25) is 0 Å². The minimum Gasteiger partial charge on any atom is -0.381 e. The smallest absolute Gasteiger partial charge is 0.0535 e. The van der Waals surface area contributed by atoms with E-state index < -0.39 is 0 Å². The molecule has 0 aromatic rings. The van der Waals surface area contributed by atoms with Crippen molar-refractivity contribution in [3.63, 3.8) is 0 Å². The van der Waals surface area contributed by atoms with Crippen LogP contribution in [-0.4, -0.2) is 25.8 Å². The van der Waals surface area contributed by atoms with Gasteiger partial charge in [-0.2, -0.15) is 0 Å². The lowest BCUT2D eigenvalue weighted by atomic mass is 9.76. The molecule has 2 fully saturated rings. The van der Waals surface area contributed by atoms with Crippen molar-refractivity contribution < 1.29 is 4.74 Å². The second kappa shape index (κ2) is 6.91. The maximum atomic E-state index is 5.72. The summed E-state index contributed by atoms with van der Waals surface area (Å²) in [4.78, 5) is 0. The van der Waals surface area contributed by atoms with Gasteiger partial charge < -0.3 is 10.1 Å². The Morgan fingerprint density at radius 3 is 2.72 bits per heavy atom. The minimum absolute atomic E-state index is 0.455. The van der Waals surface area contributed by atoms with Crippen molar-refractivity contribution in [2.45, 2.75) is 71.3 Å². The number of nitrogens with one attached hydrogen (secondary N) is 1. The highest BCUT2D eigenvalue weighted by Gasteiger charge is 2.37. The molecule has 0 amide bonds. The zero-order valence-corrected chi connectivity index (χ0v) is 12.3. The lowest BCUT2D eigenvalue weighted by Gasteiger charge is -2.32. The van der Waals surface area contributed by atoms with Gasteiger partial charge >= 0.3 is 0 Å². The first-order chi connectivity index (χ1) is 8.78. The summed E-state index contributed by atoms with van der Waals surface area (Å²) in [5, 5.41) is 3.74. The molecule has 18 heavy (non-hydrogen) atoms. The summed E-state index contributed by atoms with van der Waals surface area (Å²) in [6, 6.07) is 0.832. The average molecular weight is 253 g/mol. The molecular formula is C16H31NO. The van der Waals surface area contributed by atoms with E-state index in [1.54, 1.807) is 0 Å². The maximum Gasteiger partial charge on any atom is 0.0535 e. The van der Waals surface area contributed by atoms with Crippen LogP contribution >= 0.6 is 0 Å². The van der Waals surface area contributed by atoms with E-state index in [1.807, 2.05) is 0 Å². The van der Waals surface area contributed by atoms with E-state index in [0.29, 0.717) is 5.41 Å². The van der Waals surface area contributed by atoms with E-state index >= 15 is 0 Å². The molecule has 0 aromatic heterocycles. The van der Waals surface area contributed by atoms with Crippen LogP contribution in [-0.2, 0) is 4.74 Å². The Hall–Kier alpha value is -0.0800. The molecule has 2 rings (SSSR count). The highest BCUT2D eigenvalue weighted by atomic mass is 16.5. The third-order valence-electron chi connectivity index (χ3n) is 4.79. The van der Waals surface area contributed by atoms with Crippen molar-refractivity contribution >= 4 is 0 Å². The fraction of sp³-hybridized carbons (Fsp3) is 1.00. The fourth-order valence-electron chi connectivity index (χ4n) is 3.23. The normalized spacial score (nSPS) is 29.7. The molecule has 1 saturated carbocycles. The van der Waals surface area contributed by atoms with E-state index in [4.69, 9.17) is 4.74 Å². The highest BCUT2D eigenvalue weighted by Crippen LogP contribution is 2.38. The van der Waals surface area contributed by atoms with Crippen molar-refractivity contribution in [2.24, 2.45) is 11.3 Å². The molecule has 0 radical (unpaired) electrons. The van der Waals surface area contributed by atoms with Crippen LogP contribution in [0.5, 0.6) is 0 Å². The van der Waals surface area contributed by atoms with Crippen molar-refractivity contribution in [1.82, 2.24) is 5.32 Å². The summed E-state index contributed by atoms with van der Waals surface area (Å²) in [6.45, 7) is 7.83. The standard InChI is InChI=1S/C16H31NO/c1-3-5-6-14(4-2)11-16(9-10-18-13-16)12-17-15-7-8-15/h14-15,17H,3-13H2,1-2H3. The van der Waals surface area contributed by atoms with Gasteiger partial charge in [-0.25, -0.2) is 0 Å². The number of unbranched alkanes of at least 4 members (excludes halogenated alkanes) is 1. The van der Waals surface area contributed by atoms with Gasteiger partial charge in [0.25, 0.3) is 0 Å². The molecule has 106 valence electrons. The molecule has 2 heteroatoms. The Labute approximate surface area is 113 Å². The van der Waals surface area contributed by atoms with Crippen LogP contribution < -0.4 is 5.32 Å². The Morgan fingerprint density at radius 2 is 2.17 bits per heavy atom. The third kappa shape index (κ3) is 4.24. The van der Waals surface area contributed by atoms with Gasteiger partial charge in [0.2, 0.25) is 0 Å². The second-order valence-corrected chi connectivity index (χ2v) is 6.58. The van der Waals surface area contributed by atoms with Crippen molar-refractivity contribution in [1.29, 1.82) is 0 Å². The van der Waals surface area contributed by atoms with Gasteiger partial charge in [-0.3, -0.25) is 0 Å². The summed E-state index contributed by atoms with van der Waals surface area (Å²) in [5.41, 5.74) is 0.455. The molecule has 1 saturated heterocycles. The largest absolute Gasteiger partial charge is 0.381 e. The molecule has 1 aliphatic heterocycles. The Kier molecular flexibility index (Phi) is 5.50. The van der Waals surface area contributed by atoms with Gasteiger partial charge in [0.1, 0.15) is 0 Å². The summed E-state index contributed by atoms with van der Waals surface area (Å²) in [7, 11) is 0. The average Bonchev–Trinajstić information content (AvgIpc) is 3.12. The van der Waals surface area contributed by atoms with Crippen molar-refractivity contribution in [3.05, 3.63) is 0 Å². The van der Waals surface area contributed by atoms with Crippen LogP contribution in [0.15, 0.2) is 0 Å². The van der Waals surface area contributed by atoms with Crippen LogP contribution in [0, 0.1) is 11.3 Å². The van der Waals surface area contributed by atoms with E-state index in [2.05, 4.69) is 19.2 Å². The Balaban J connectivity index is 1.82. The van der Waals surface area contributed by atoms with E-state index in [9.17, 15) is 0 Å². The second-order valence-electron chi connectivity index (χ2n) is 6.58. The number of hydrogen-bond acceptors (Lipinski definition) is 2. The van der Waals surface area contributed by atoms with Gasteiger partial charge in [0.15, 0.2) is 0 Å². The molecule has 1 heterocycles. The molecule has 1 aliphatic carbocycles. The van der Waals surface area contributed by atoms with Gasteiger partial charge in [0, 0.05) is 24.6 Å². The molecular weight excluding hydrogens is 222 g/mol. The van der Waals surface area contributed by atoms with Crippen LogP contribution in [0.1, 0.15) is 65.2 Å². The summed E-state index contributed by atoms with van der Waals surface area (Å²) in [6.07, 6.45) is 10.9. The fourth-order valence-corrected chi connectivity index (χ4v) is 3.23. The molecule has 2 nitrogen and oxygen atoms in total. The molecule has 0 bridgehead atoms. The van der Waals surface area contributed by atoms with E-state index in [0.717, 1.165) is 25.2 Å². The zero-order valence-electron chi connectivity index (χ0n) is 12.3. The minimum atomic E-state index is 0.455. The van der Waals surface area contributed by atoms with Crippen LogP contribution in [0.4, 0.5) is 0 Å². The molecule has 2 unspecified atom stereocenters. The van der Waals surface area contributed by atoms with Crippen LogP contribution in [0.25, 0.3) is 0 Å². The lowest BCUT2D eigenvalue weighted by molar-refractivity contribution is 0.127. The lowest BCUT2D eigenvalue weighted by Crippen LogP contribution is -2.37. The van der Waals surface area contributed by atoms with E-state index in [-0.39, 0.29) is 0 Å². The SMILES string of the molecule is CCCCC(CC)CC1(CNC2CC2)CCOC1. The topological polar surface area (TPSA) is 21.3 Å². The maximum absolute atomic E-state index is 5.72. The molecule has 2 atom stereocenters. The number of hydrogen-bond donors (Lipinski definition) is 1. The summed E-state index contributed by atoms with van der Waals surface area (Å²) >= 11 is 0. The summed E-state index contributed by atoms with van der Waals surface area (Å²) < 4.78 is 5.72. The Morgan fingerprint density at radius 1 is 1.33 bits per heavy atom. The van der Waals surface area contributed by atoms with Crippen LogP contribution in [0.3, 0.4) is 0 Å². The zero-order chi connectivity index (χ0) is 12.8. The van der Waals surface area contributed by atoms with Gasteiger partial charge in [-0.05, 0) is 31.6 Å².